The van der Waals surface area contributed by atoms with Crippen molar-refractivity contribution < 1.29 is 13.2 Å². The van der Waals surface area contributed by atoms with Gasteiger partial charge in [-0.3, -0.25) is 0 Å². The van der Waals surface area contributed by atoms with Gasteiger partial charge >= 0.3 is 6.18 Å². The largest absolute Gasteiger partial charge is 0.419 e. The fourth-order valence-electron chi connectivity index (χ4n) is 2.13. The topological polar surface area (TPSA) is 42.1 Å². The molecule has 0 aliphatic carbocycles. The zero-order chi connectivity index (χ0) is 15.5. The van der Waals surface area contributed by atoms with Crippen molar-refractivity contribution in [3.63, 3.8) is 0 Å². The zero-order valence-electron chi connectivity index (χ0n) is 11.6. The number of rotatable bonds is 4. The maximum absolute atomic E-state index is 13.0. The van der Waals surface area contributed by atoms with Crippen LogP contribution in [0.25, 0.3) is 0 Å². The summed E-state index contributed by atoms with van der Waals surface area (Å²) in [5.74, 6) is -0.0804. The van der Waals surface area contributed by atoms with Crippen LogP contribution in [0, 0.1) is 0 Å². The molecule has 1 heterocycles. The summed E-state index contributed by atoms with van der Waals surface area (Å²) in [7, 11) is 1.59. The third-order valence-electron chi connectivity index (χ3n) is 3.10. The van der Waals surface area contributed by atoms with Gasteiger partial charge in [-0.1, -0.05) is 24.3 Å². The highest BCUT2D eigenvalue weighted by atomic mass is 19.4. The fourth-order valence-corrected chi connectivity index (χ4v) is 2.13. The predicted octanol–water partition coefficient (Wildman–Crippen LogP) is 3.20. The van der Waals surface area contributed by atoms with Crippen LogP contribution in [0.2, 0.25) is 0 Å². The SMILES string of the molecule is CN(Cc1cccc(CN)c1)c1ncccc1C(F)(F)F. The van der Waals surface area contributed by atoms with E-state index in [2.05, 4.69) is 4.98 Å². The first-order chi connectivity index (χ1) is 9.91. The Labute approximate surface area is 121 Å². The van der Waals surface area contributed by atoms with Gasteiger partial charge in [0.05, 0.1) is 5.56 Å². The number of nitrogens with zero attached hydrogens (tertiary/aromatic N) is 2. The molecule has 0 saturated carbocycles. The number of nitrogens with two attached hydrogens (primary N) is 1. The molecule has 2 rings (SSSR count). The molecule has 2 aromatic rings. The average molecular weight is 295 g/mol. The lowest BCUT2D eigenvalue weighted by molar-refractivity contribution is -0.137. The second kappa shape index (κ2) is 6.13. The van der Waals surface area contributed by atoms with Crippen molar-refractivity contribution in [2.24, 2.45) is 5.73 Å². The number of anilines is 1. The van der Waals surface area contributed by atoms with Crippen molar-refractivity contribution in [1.29, 1.82) is 0 Å². The molecule has 0 aliphatic rings. The van der Waals surface area contributed by atoms with Gasteiger partial charge in [0.15, 0.2) is 0 Å². The van der Waals surface area contributed by atoms with Crippen LogP contribution in [0.4, 0.5) is 19.0 Å². The van der Waals surface area contributed by atoms with Crippen molar-refractivity contribution in [1.82, 2.24) is 4.98 Å². The highest BCUT2D eigenvalue weighted by molar-refractivity contribution is 5.48. The number of aromatic nitrogens is 1. The summed E-state index contributed by atoms with van der Waals surface area (Å²) < 4.78 is 38.9. The molecule has 112 valence electrons. The normalized spacial score (nSPS) is 11.5. The van der Waals surface area contributed by atoms with Gasteiger partial charge in [0, 0.05) is 26.3 Å². The van der Waals surface area contributed by atoms with E-state index < -0.39 is 11.7 Å². The molecule has 0 spiro atoms. The Hall–Kier alpha value is -2.08. The molecule has 1 aromatic carbocycles. The van der Waals surface area contributed by atoms with Crippen LogP contribution in [-0.4, -0.2) is 12.0 Å². The Balaban J connectivity index is 2.26. The zero-order valence-corrected chi connectivity index (χ0v) is 11.6. The summed E-state index contributed by atoms with van der Waals surface area (Å²) in [4.78, 5) is 5.35. The lowest BCUT2D eigenvalue weighted by Crippen LogP contribution is -2.22. The second-order valence-electron chi connectivity index (χ2n) is 4.75. The molecule has 1 aromatic heterocycles. The first kappa shape index (κ1) is 15.3. The monoisotopic (exact) mass is 295 g/mol. The lowest BCUT2D eigenvalue weighted by atomic mass is 10.1. The number of benzene rings is 1. The number of hydrogen-bond acceptors (Lipinski definition) is 3. The number of hydrogen-bond donors (Lipinski definition) is 1. The van der Waals surface area contributed by atoms with Gasteiger partial charge in [-0.25, -0.2) is 4.98 Å². The molecule has 2 N–H and O–H groups in total. The number of halogens is 3. The van der Waals surface area contributed by atoms with Gasteiger partial charge in [-0.05, 0) is 23.3 Å². The fraction of sp³-hybridized carbons (Fsp3) is 0.267. The summed E-state index contributed by atoms with van der Waals surface area (Å²) in [5, 5.41) is 0. The lowest BCUT2D eigenvalue weighted by Gasteiger charge is -2.22. The van der Waals surface area contributed by atoms with E-state index in [4.69, 9.17) is 5.73 Å². The first-order valence-corrected chi connectivity index (χ1v) is 6.43. The van der Waals surface area contributed by atoms with Gasteiger partial charge in [-0.2, -0.15) is 13.2 Å². The molecule has 0 amide bonds. The summed E-state index contributed by atoms with van der Waals surface area (Å²) in [6.45, 7) is 0.725. The molecule has 0 saturated heterocycles. The molecule has 0 bridgehead atoms. The van der Waals surface area contributed by atoms with Crippen LogP contribution in [0.3, 0.4) is 0 Å². The number of alkyl halides is 3. The Kier molecular flexibility index (Phi) is 4.47. The Bertz CT molecular complexity index is 611. The third-order valence-corrected chi connectivity index (χ3v) is 3.10. The van der Waals surface area contributed by atoms with E-state index in [0.717, 1.165) is 17.2 Å². The van der Waals surface area contributed by atoms with Crippen LogP contribution in [0.5, 0.6) is 0 Å². The second-order valence-corrected chi connectivity index (χ2v) is 4.75. The summed E-state index contributed by atoms with van der Waals surface area (Å²) in [5.41, 5.74) is 6.66. The van der Waals surface area contributed by atoms with Gasteiger partial charge in [-0.15, -0.1) is 0 Å². The quantitative estimate of drug-likeness (QED) is 0.942. The molecule has 0 aliphatic heterocycles. The van der Waals surface area contributed by atoms with E-state index >= 15 is 0 Å². The van der Waals surface area contributed by atoms with Crippen LogP contribution in [0.1, 0.15) is 16.7 Å². The molecule has 0 atom stereocenters. The first-order valence-electron chi connectivity index (χ1n) is 6.43. The molecule has 21 heavy (non-hydrogen) atoms. The smallest absolute Gasteiger partial charge is 0.355 e. The van der Waals surface area contributed by atoms with Gasteiger partial charge < -0.3 is 10.6 Å². The summed E-state index contributed by atoms with van der Waals surface area (Å²) >= 11 is 0. The van der Waals surface area contributed by atoms with E-state index in [0.29, 0.717) is 13.1 Å². The Morgan fingerprint density at radius 3 is 2.52 bits per heavy atom. The highest BCUT2D eigenvalue weighted by Crippen LogP contribution is 2.35. The van der Waals surface area contributed by atoms with Gasteiger partial charge in [0.25, 0.3) is 0 Å². The minimum absolute atomic E-state index is 0.0804. The van der Waals surface area contributed by atoms with E-state index in [1.165, 1.54) is 17.2 Å². The maximum atomic E-state index is 13.0. The molecule has 0 unspecified atom stereocenters. The third kappa shape index (κ3) is 3.72. The van der Waals surface area contributed by atoms with Crippen LogP contribution < -0.4 is 10.6 Å². The van der Waals surface area contributed by atoms with Crippen LogP contribution in [-0.2, 0) is 19.3 Å². The summed E-state index contributed by atoms with van der Waals surface area (Å²) in [6, 6.07) is 9.78. The van der Waals surface area contributed by atoms with Gasteiger partial charge in [0.1, 0.15) is 5.82 Å². The van der Waals surface area contributed by atoms with E-state index in [1.807, 2.05) is 24.3 Å². The van der Waals surface area contributed by atoms with Crippen molar-refractivity contribution in [2.45, 2.75) is 19.3 Å². The Morgan fingerprint density at radius 1 is 1.14 bits per heavy atom. The molecular formula is C15H16F3N3. The Morgan fingerprint density at radius 2 is 1.86 bits per heavy atom. The van der Waals surface area contributed by atoms with Crippen molar-refractivity contribution in [3.8, 4) is 0 Å². The van der Waals surface area contributed by atoms with E-state index in [1.54, 1.807) is 7.05 Å². The number of pyridine rings is 1. The van der Waals surface area contributed by atoms with Crippen LogP contribution in [0.15, 0.2) is 42.6 Å². The molecule has 0 fully saturated rings. The van der Waals surface area contributed by atoms with Crippen molar-refractivity contribution in [3.05, 3.63) is 59.3 Å². The molecule has 3 nitrogen and oxygen atoms in total. The molecular weight excluding hydrogens is 279 g/mol. The predicted molar refractivity (Wildman–Crippen MR) is 75.7 cm³/mol. The molecule has 0 radical (unpaired) electrons. The standard InChI is InChI=1S/C15H16F3N3/c1-21(10-12-5-2-4-11(8-12)9-19)14-13(15(16,17)18)6-3-7-20-14/h2-8H,9-10,19H2,1H3. The van der Waals surface area contributed by atoms with Crippen molar-refractivity contribution in [2.75, 3.05) is 11.9 Å². The van der Waals surface area contributed by atoms with Gasteiger partial charge in [0.2, 0.25) is 0 Å². The average Bonchev–Trinajstić information content (AvgIpc) is 2.46. The van der Waals surface area contributed by atoms with E-state index in [-0.39, 0.29) is 5.82 Å². The van der Waals surface area contributed by atoms with Crippen LogP contribution >= 0.6 is 0 Å². The van der Waals surface area contributed by atoms with Crippen molar-refractivity contribution >= 4 is 5.82 Å². The highest BCUT2D eigenvalue weighted by Gasteiger charge is 2.35. The minimum atomic E-state index is -4.42. The van der Waals surface area contributed by atoms with E-state index in [9.17, 15) is 13.2 Å². The summed E-state index contributed by atoms with van der Waals surface area (Å²) in [6.07, 6.45) is -3.06. The minimum Gasteiger partial charge on any atom is -0.355 e. The maximum Gasteiger partial charge on any atom is 0.419 e. The molecule has 6 heteroatoms.